The van der Waals surface area contributed by atoms with E-state index in [9.17, 15) is 19.5 Å². The number of hydrogen-bond donors (Lipinski definition) is 2. The number of carboxylic acid groups (broad SMARTS) is 1. The molecule has 1 aliphatic rings. The van der Waals surface area contributed by atoms with Crippen molar-refractivity contribution in [2.75, 3.05) is 5.43 Å². The summed E-state index contributed by atoms with van der Waals surface area (Å²) < 4.78 is 16.8. The van der Waals surface area contributed by atoms with Gasteiger partial charge in [0, 0.05) is 23.7 Å². The van der Waals surface area contributed by atoms with Gasteiger partial charge in [-0.25, -0.2) is 14.2 Å². The lowest BCUT2D eigenvalue weighted by Crippen LogP contribution is -2.38. The third-order valence-electron chi connectivity index (χ3n) is 5.97. The zero-order valence-electron chi connectivity index (χ0n) is 19.7. The number of carbonyl (C=O) groups is 2. The van der Waals surface area contributed by atoms with Crippen molar-refractivity contribution in [2.24, 2.45) is 4.99 Å². The van der Waals surface area contributed by atoms with E-state index in [1.54, 1.807) is 41.8 Å². The third kappa shape index (κ3) is 4.38. The van der Waals surface area contributed by atoms with Crippen molar-refractivity contribution in [2.45, 2.75) is 13.5 Å². The number of rotatable bonds is 6. The first-order valence-electron chi connectivity index (χ1n) is 11.5. The SMILES string of the molecule is CCn1cc(C(=O)O)c(=O)c2cc(F)c(NN3C(=O)C(=Cc4ccccc4)N=C3c3ccccc3)cc21. The van der Waals surface area contributed by atoms with Crippen LogP contribution in [-0.4, -0.2) is 32.4 Å². The fourth-order valence-corrected chi connectivity index (χ4v) is 4.14. The predicted octanol–water partition coefficient (Wildman–Crippen LogP) is 4.52. The number of amides is 1. The highest BCUT2D eigenvalue weighted by Crippen LogP contribution is 2.27. The zero-order valence-corrected chi connectivity index (χ0v) is 19.7. The van der Waals surface area contributed by atoms with E-state index in [0.717, 1.165) is 16.6 Å². The lowest BCUT2D eigenvalue weighted by molar-refractivity contribution is -0.121. The number of hydrazine groups is 1. The van der Waals surface area contributed by atoms with E-state index < -0.39 is 28.7 Å². The average Bonchev–Trinajstić information content (AvgIpc) is 3.20. The monoisotopic (exact) mass is 496 g/mol. The molecule has 1 amide bonds. The number of hydrogen-bond acceptors (Lipinski definition) is 5. The molecule has 0 aliphatic carbocycles. The summed E-state index contributed by atoms with van der Waals surface area (Å²) >= 11 is 0. The van der Waals surface area contributed by atoms with E-state index in [0.29, 0.717) is 17.6 Å². The molecule has 0 saturated carbocycles. The smallest absolute Gasteiger partial charge is 0.341 e. The normalized spacial score (nSPS) is 14.3. The van der Waals surface area contributed by atoms with Crippen LogP contribution in [0.1, 0.15) is 28.4 Å². The molecule has 3 aromatic carbocycles. The van der Waals surface area contributed by atoms with Gasteiger partial charge in [0.25, 0.3) is 5.91 Å². The first kappa shape index (κ1) is 23.7. The Morgan fingerprint density at radius 3 is 2.38 bits per heavy atom. The van der Waals surface area contributed by atoms with Crippen LogP contribution in [0.3, 0.4) is 0 Å². The van der Waals surface area contributed by atoms with Crippen molar-refractivity contribution in [3.8, 4) is 0 Å². The van der Waals surface area contributed by atoms with Crippen molar-refractivity contribution in [3.05, 3.63) is 117 Å². The van der Waals surface area contributed by atoms with Gasteiger partial charge < -0.3 is 9.67 Å². The van der Waals surface area contributed by atoms with Gasteiger partial charge in [-0.3, -0.25) is 15.0 Å². The molecule has 2 heterocycles. The van der Waals surface area contributed by atoms with Crippen molar-refractivity contribution in [1.29, 1.82) is 0 Å². The average molecular weight is 496 g/mol. The van der Waals surface area contributed by atoms with Gasteiger partial charge in [0.05, 0.1) is 11.2 Å². The maximum atomic E-state index is 15.3. The Balaban J connectivity index is 1.61. The minimum Gasteiger partial charge on any atom is -0.477 e. The van der Waals surface area contributed by atoms with Crippen LogP contribution in [-0.2, 0) is 11.3 Å². The van der Waals surface area contributed by atoms with Crippen molar-refractivity contribution >= 4 is 40.4 Å². The van der Waals surface area contributed by atoms with Crippen LogP contribution in [0.15, 0.2) is 94.5 Å². The highest BCUT2D eigenvalue weighted by Gasteiger charge is 2.32. The molecule has 0 bridgehead atoms. The summed E-state index contributed by atoms with van der Waals surface area (Å²) in [6.45, 7) is 2.11. The molecule has 1 aliphatic heterocycles. The molecular weight excluding hydrogens is 475 g/mol. The first-order valence-corrected chi connectivity index (χ1v) is 11.5. The quantitative estimate of drug-likeness (QED) is 0.382. The lowest BCUT2D eigenvalue weighted by atomic mass is 10.1. The lowest BCUT2D eigenvalue weighted by Gasteiger charge is -2.21. The number of carboxylic acids is 1. The Labute approximate surface area is 210 Å². The second-order valence-electron chi connectivity index (χ2n) is 8.31. The van der Waals surface area contributed by atoms with Crippen LogP contribution in [0.4, 0.5) is 10.1 Å². The van der Waals surface area contributed by atoms with Gasteiger partial charge >= 0.3 is 5.97 Å². The van der Waals surface area contributed by atoms with Crippen molar-refractivity contribution in [1.82, 2.24) is 9.58 Å². The Kier molecular flexibility index (Phi) is 6.10. The summed E-state index contributed by atoms with van der Waals surface area (Å²) in [5, 5.41) is 10.5. The van der Waals surface area contributed by atoms with Gasteiger partial charge in [-0.05, 0) is 30.7 Å². The van der Waals surface area contributed by atoms with Gasteiger partial charge in [-0.2, -0.15) is 5.01 Å². The molecule has 0 saturated heterocycles. The topological polar surface area (TPSA) is 104 Å². The van der Waals surface area contributed by atoms with E-state index >= 15 is 4.39 Å². The van der Waals surface area contributed by atoms with Gasteiger partial charge in [-0.15, -0.1) is 0 Å². The number of carbonyl (C=O) groups excluding carboxylic acids is 1. The second kappa shape index (κ2) is 9.54. The fraction of sp³-hybridized carbons (Fsp3) is 0.0714. The number of aliphatic imine (C=N–C) groups is 1. The molecule has 0 unspecified atom stereocenters. The maximum absolute atomic E-state index is 15.3. The minimum absolute atomic E-state index is 0.0702. The summed E-state index contributed by atoms with van der Waals surface area (Å²) in [5.41, 5.74) is 3.43. The van der Waals surface area contributed by atoms with Crippen LogP contribution >= 0.6 is 0 Å². The number of aromatic nitrogens is 1. The van der Waals surface area contributed by atoms with Gasteiger partial charge in [-0.1, -0.05) is 60.7 Å². The number of aryl methyl sites for hydroxylation is 1. The molecule has 1 aromatic heterocycles. The van der Waals surface area contributed by atoms with Crippen LogP contribution in [0.25, 0.3) is 17.0 Å². The van der Waals surface area contributed by atoms with Crippen LogP contribution in [0, 0.1) is 5.82 Å². The highest BCUT2D eigenvalue weighted by atomic mass is 19.1. The summed E-state index contributed by atoms with van der Waals surface area (Å²) in [4.78, 5) is 42.1. The third-order valence-corrected chi connectivity index (χ3v) is 5.97. The standard InChI is InChI=1S/C28H21FN4O4/c1-2-32-16-20(28(36)37)25(34)19-14-21(29)22(15-24(19)32)31-33-26(18-11-7-4-8-12-18)30-23(27(33)35)13-17-9-5-3-6-10-17/h3-16,31H,2H2,1H3,(H,36,37). The molecule has 2 N–H and O–H groups in total. The molecule has 9 heteroatoms. The summed E-state index contributed by atoms with van der Waals surface area (Å²) in [6.07, 6.45) is 2.87. The zero-order chi connectivity index (χ0) is 26.1. The molecule has 0 radical (unpaired) electrons. The largest absolute Gasteiger partial charge is 0.477 e. The number of pyridine rings is 1. The predicted molar refractivity (Wildman–Crippen MR) is 139 cm³/mol. The summed E-state index contributed by atoms with van der Waals surface area (Å²) in [5.74, 6) is -2.42. The molecule has 37 heavy (non-hydrogen) atoms. The fourth-order valence-electron chi connectivity index (χ4n) is 4.14. The number of fused-ring (bicyclic) bond motifs is 1. The Hall–Kier alpha value is -5.05. The Morgan fingerprint density at radius 1 is 1.05 bits per heavy atom. The van der Waals surface area contributed by atoms with E-state index in [1.165, 1.54) is 12.3 Å². The first-order chi connectivity index (χ1) is 17.9. The van der Waals surface area contributed by atoms with E-state index in [2.05, 4.69) is 10.4 Å². The number of nitrogens with zero attached hydrogens (tertiary/aromatic N) is 3. The number of benzene rings is 3. The number of halogens is 1. The van der Waals surface area contributed by atoms with Crippen molar-refractivity contribution < 1.29 is 19.1 Å². The molecule has 5 rings (SSSR count). The van der Waals surface area contributed by atoms with Crippen LogP contribution < -0.4 is 10.9 Å². The second-order valence-corrected chi connectivity index (χ2v) is 8.31. The van der Waals surface area contributed by atoms with E-state index in [4.69, 9.17) is 0 Å². The molecule has 4 aromatic rings. The van der Waals surface area contributed by atoms with Gasteiger partial charge in [0.15, 0.2) is 5.84 Å². The van der Waals surface area contributed by atoms with E-state index in [-0.39, 0.29) is 22.6 Å². The van der Waals surface area contributed by atoms with E-state index in [1.807, 2.05) is 36.4 Å². The van der Waals surface area contributed by atoms with Crippen LogP contribution in [0.2, 0.25) is 0 Å². The Morgan fingerprint density at radius 2 is 1.73 bits per heavy atom. The molecule has 0 fully saturated rings. The van der Waals surface area contributed by atoms with Gasteiger partial charge in [0.2, 0.25) is 5.43 Å². The maximum Gasteiger partial charge on any atom is 0.341 e. The van der Waals surface area contributed by atoms with Crippen molar-refractivity contribution in [3.63, 3.8) is 0 Å². The number of amidine groups is 1. The minimum atomic E-state index is -1.39. The Bertz CT molecular complexity index is 1660. The number of nitrogens with one attached hydrogen (secondary N) is 1. The highest BCUT2D eigenvalue weighted by molar-refractivity contribution is 6.20. The number of anilines is 1. The molecule has 184 valence electrons. The molecule has 0 spiro atoms. The molecular formula is C28H21FN4O4. The van der Waals surface area contributed by atoms with Gasteiger partial charge in [0.1, 0.15) is 17.1 Å². The summed E-state index contributed by atoms with van der Waals surface area (Å²) in [6, 6.07) is 20.6. The number of aromatic carboxylic acids is 1. The van der Waals surface area contributed by atoms with Crippen LogP contribution in [0.5, 0.6) is 0 Å². The summed E-state index contributed by atoms with van der Waals surface area (Å²) in [7, 11) is 0. The molecule has 0 atom stereocenters. The molecule has 8 nitrogen and oxygen atoms in total.